The van der Waals surface area contributed by atoms with Gasteiger partial charge in [0.15, 0.2) is 0 Å². The molecule has 0 radical (unpaired) electrons. The van der Waals surface area contributed by atoms with Gasteiger partial charge in [-0.2, -0.15) is 0 Å². The summed E-state index contributed by atoms with van der Waals surface area (Å²) in [4.78, 5) is 10.7. The molecule has 0 aliphatic carbocycles. The molecule has 1 N–H and O–H groups in total. The van der Waals surface area contributed by atoms with Crippen LogP contribution in [0.4, 0.5) is 0 Å². The Morgan fingerprint density at radius 1 is 1.67 bits per heavy atom. The lowest BCUT2D eigenvalue weighted by molar-refractivity contribution is -0.122. The molecule has 0 aromatic rings. The zero-order valence-electron chi connectivity index (χ0n) is 6.47. The van der Waals surface area contributed by atoms with Crippen LogP contribution in [-0.2, 0) is 4.79 Å². The van der Waals surface area contributed by atoms with Crippen molar-refractivity contribution in [2.75, 3.05) is 6.54 Å². The fraction of sp³-hybridized carbons (Fsp3) is 0.286. The Hall–Kier alpha value is -0.670. The summed E-state index contributed by atoms with van der Waals surface area (Å²) in [5.41, 5.74) is 2.53. The van der Waals surface area contributed by atoms with E-state index in [2.05, 4.69) is 5.43 Å². The number of amides is 1. The molecule has 1 aliphatic rings. The SMILES string of the molecule is CC(=O)NN1CC=CC(Cl)=C1Cl. The lowest BCUT2D eigenvalue weighted by atomic mass is 10.4. The highest BCUT2D eigenvalue weighted by molar-refractivity contribution is 6.40. The minimum atomic E-state index is -0.173. The molecule has 0 bridgehead atoms. The normalized spacial score (nSPS) is 16.8. The summed E-state index contributed by atoms with van der Waals surface area (Å²) < 4.78 is 0. The van der Waals surface area contributed by atoms with E-state index in [1.807, 2.05) is 6.08 Å². The molecule has 0 saturated heterocycles. The second kappa shape index (κ2) is 3.83. The summed E-state index contributed by atoms with van der Waals surface area (Å²) in [5.74, 6) is -0.173. The van der Waals surface area contributed by atoms with Crippen molar-refractivity contribution < 1.29 is 4.79 Å². The predicted molar refractivity (Wildman–Crippen MR) is 48.4 cm³/mol. The highest BCUT2D eigenvalue weighted by Crippen LogP contribution is 2.21. The third-order valence-corrected chi connectivity index (χ3v) is 2.09. The van der Waals surface area contributed by atoms with Crippen molar-refractivity contribution in [1.29, 1.82) is 0 Å². The van der Waals surface area contributed by atoms with E-state index in [1.54, 1.807) is 6.08 Å². The van der Waals surface area contributed by atoms with Gasteiger partial charge < -0.3 is 0 Å². The average Bonchev–Trinajstić information content (AvgIpc) is 1.98. The van der Waals surface area contributed by atoms with Crippen LogP contribution in [0.15, 0.2) is 22.3 Å². The van der Waals surface area contributed by atoms with Crippen molar-refractivity contribution in [2.45, 2.75) is 6.92 Å². The number of rotatable bonds is 1. The van der Waals surface area contributed by atoms with Crippen LogP contribution in [0.25, 0.3) is 0 Å². The topological polar surface area (TPSA) is 32.3 Å². The zero-order chi connectivity index (χ0) is 9.14. The number of hydrazine groups is 1. The van der Waals surface area contributed by atoms with E-state index in [1.165, 1.54) is 11.9 Å². The fourth-order valence-electron chi connectivity index (χ4n) is 0.824. The lowest BCUT2D eigenvalue weighted by Gasteiger charge is -2.24. The zero-order valence-corrected chi connectivity index (χ0v) is 7.99. The van der Waals surface area contributed by atoms with Gasteiger partial charge in [0.05, 0.1) is 11.6 Å². The molecule has 0 unspecified atom stereocenters. The van der Waals surface area contributed by atoms with Gasteiger partial charge >= 0.3 is 0 Å². The molecule has 12 heavy (non-hydrogen) atoms. The quantitative estimate of drug-likeness (QED) is 0.661. The minimum absolute atomic E-state index is 0.173. The van der Waals surface area contributed by atoms with Gasteiger partial charge in [0, 0.05) is 6.92 Å². The Morgan fingerprint density at radius 3 is 2.92 bits per heavy atom. The Labute approximate surface area is 80.6 Å². The van der Waals surface area contributed by atoms with Gasteiger partial charge in [-0.1, -0.05) is 29.3 Å². The van der Waals surface area contributed by atoms with Crippen molar-refractivity contribution in [3.05, 3.63) is 22.3 Å². The fourth-order valence-corrected chi connectivity index (χ4v) is 1.19. The molecule has 1 rings (SSSR count). The van der Waals surface area contributed by atoms with E-state index < -0.39 is 0 Å². The summed E-state index contributed by atoms with van der Waals surface area (Å²) in [7, 11) is 0. The number of halogens is 2. The maximum atomic E-state index is 10.7. The Kier molecular flexibility index (Phi) is 3.00. The highest BCUT2D eigenvalue weighted by atomic mass is 35.5. The van der Waals surface area contributed by atoms with Gasteiger partial charge in [-0.25, -0.2) is 0 Å². The van der Waals surface area contributed by atoms with Gasteiger partial charge in [0.25, 0.3) is 0 Å². The second-order valence-corrected chi connectivity index (χ2v) is 3.08. The highest BCUT2D eigenvalue weighted by Gasteiger charge is 2.13. The number of carbonyl (C=O) groups excluding carboxylic acids is 1. The summed E-state index contributed by atoms with van der Waals surface area (Å²) in [6.45, 7) is 1.95. The van der Waals surface area contributed by atoms with Gasteiger partial charge in [0.2, 0.25) is 5.91 Å². The summed E-state index contributed by atoms with van der Waals surface area (Å²) >= 11 is 11.5. The van der Waals surface area contributed by atoms with Crippen LogP contribution in [0, 0.1) is 0 Å². The maximum Gasteiger partial charge on any atom is 0.235 e. The van der Waals surface area contributed by atoms with Crippen molar-refractivity contribution in [3.63, 3.8) is 0 Å². The maximum absolute atomic E-state index is 10.7. The van der Waals surface area contributed by atoms with E-state index in [-0.39, 0.29) is 5.91 Å². The Morgan fingerprint density at radius 2 is 2.33 bits per heavy atom. The molecule has 5 heteroatoms. The van der Waals surface area contributed by atoms with Crippen molar-refractivity contribution in [1.82, 2.24) is 10.4 Å². The molecular formula is C7H8Cl2N2O. The first-order valence-electron chi connectivity index (χ1n) is 3.38. The van der Waals surface area contributed by atoms with Crippen LogP contribution < -0.4 is 5.43 Å². The number of hydrogen-bond donors (Lipinski definition) is 1. The van der Waals surface area contributed by atoms with Crippen molar-refractivity contribution >= 4 is 29.1 Å². The number of hydrogen-bond acceptors (Lipinski definition) is 2. The van der Waals surface area contributed by atoms with Gasteiger partial charge in [0.1, 0.15) is 5.16 Å². The van der Waals surface area contributed by atoms with Crippen LogP contribution in [0.5, 0.6) is 0 Å². The standard InChI is InChI=1S/C7H8Cl2N2O/c1-5(12)10-11-4-2-3-6(8)7(11)9/h2-3H,4H2,1H3,(H,10,12). The van der Waals surface area contributed by atoms with Gasteiger partial charge in [-0.15, -0.1) is 0 Å². The number of allylic oxidation sites excluding steroid dienone is 2. The molecule has 3 nitrogen and oxygen atoms in total. The van der Waals surface area contributed by atoms with E-state index >= 15 is 0 Å². The molecule has 1 aliphatic heterocycles. The molecule has 1 heterocycles. The first kappa shape index (κ1) is 9.42. The minimum Gasteiger partial charge on any atom is -0.274 e. The molecule has 0 spiro atoms. The number of carbonyl (C=O) groups is 1. The lowest BCUT2D eigenvalue weighted by Crippen LogP contribution is -2.40. The van der Waals surface area contributed by atoms with Crippen molar-refractivity contribution in [2.24, 2.45) is 0 Å². The summed E-state index contributed by atoms with van der Waals surface area (Å²) in [6, 6.07) is 0. The molecule has 0 aromatic carbocycles. The first-order valence-corrected chi connectivity index (χ1v) is 4.13. The van der Waals surface area contributed by atoms with Gasteiger partial charge in [-0.05, 0) is 6.08 Å². The third-order valence-electron chi connectivity index (χ3n) is 1.28. The van der Waals surface area contributed by atoms with E-state index in [0.29, 0.717) is 16.7 Å². The Balaban J connectivity index is 2.70. The molecule has 0 saturated carbocycles. The molecule has 0 atom stereocenters. The van der Waals surface area contributed by atoms with E-state index in [0.717, 1.165) is 0 Å². The largest absolute Gasteiger partial charge is 0.274 e. The molecule has 66 valence electrons. The first-order chi connectivity index (χ1) is 5.61. The van der Waals surface area contributed by atoms with Gasteiger partial charge in [-0.3, -0.25) is 15.2 Å². The van der Waals surface area contributed by atoms with E-state index in [4.69, 9.17) is 23.2 Å². The second-order valence-electron chi connectivity index (χ2n) is 2.32. The average molecular weight is 207 g/mol. The summed E-state index contributed by atoms with van der Waals surface area (Å²) in [5, 5.41) is 2.25. The molecule has 0 aromatic heterocycles. The number of nitrogens with zero attached hydrogens (tertiary/aromatic N) is 1. The van der Waals surface area contributed by atoms with Crippen LogP contribution >= 0.6 is 23.2 Å². The number of nitrogens with one attached hydrogen (secondary N) is 1. The van der Waals surface area contributed by atoms with E-state index in [9.17, 15) is 4.79 Å². The van der Waals surface area contributed by atoms with Crippen LogP contribution in [0.2, 0.25) is 0 Å². The van der Waals surface area contributed by atoms with Crippen LogP contribution in [0.3, 0.4) is 0 Å². The monoisotopic (exact) mass is 206 g/mol. The Bertz CT molecular complexity index is 260. The van der Waals surface area contributed by atoms with Crippen LogP contribution in [-0.4, -0.2) is 17.5 Å². The third kappa shape index (κ3) is 2.16. The van der Waals surface area contributed by atoms with Crippen LogP contribution in [0.1, 0.15) is 6.92 Å². The molecule has 1 amide bonds. The summed E-state index contributed by atoms with van der Waals surface area (Å²) in [6.07, 6.45) is 3.51. The molecule has 0 fully saturated rings. The van der Waals surface area contributed by atoms with Crippen molar-refractivity contribution in [3.8, 4) is 0 Å². The predicted octanol–water partition coefficient (Wildman–Crippen LogP) is 1.56. The smallest absolute Gasteiger partial charge is 0.235 e. The molecular weight excluding hydrogens is 199 g/mol.